The summed E-state index contributed by atoms with van der Waals surface area (Å²) in [6.45, 7) is 4.56. The lowest BCUT2D eigenvalue weighted by Crippen LogP contribution is -2.53. The molecule has 2 nitrogen and oxygen atoms in total. The first-order chi connectivity index (χ1) is 4.72. The predicted molar refractivity (Wildman–Crippen MR) is 52.5 cm³/mol. The van der Waals surface area contributed by atoms with Crippen LogP contribution in [-0.2, 0) is 0 Å². The quantitative estimate of drug-likeness (QED) is 0.460. The molecule has 3 heteroatoms. The monoisotopic (exact) mass is 254 g/mol. The fourth-order valence-electron chi connectivity index (χ4n) is 1.11. The summed E-state index contributed by atoms with van der Waals surface area (Å²) in [5, 5.41) is 3.45. The Labute approximate surface area is 76.5 Å². The number of hydrogen-bond donors (Lipinski definition) is 1. The Hall–Kier alpha value is 0.650. The van der Waals surface area contributed by atoms with E-state index in [4.69, 9.17) is 0 Å². The van der Waals surface area contributed by atoms with E-state index in [1.54, 1.807) is 0 Å². The number of likely N-dealkylation sites (N-methyl/N-ethyl adjacent to an activating group) is 1. The highest BCUT2D eigenvalue weighted by Crippen LogP contribution is 2.17. The highest BCUT2D eigenvalue weighted by molar-refractivity contribution is 14.1. The summed E-state index contributed by atoms with van der Waals surface area (Å²) in [6.07, 6.45) is 1.34. The summed E-state index contributed by atoms with van der Waals surface area (Å²) in [5.74, 6) is 0. The lowest BCUT2D eigenvalue weighted by atomic mass is 10.1. The molecule has 1 N–H and O–H groups in total. The van der Waals surface area contributed by atoms with Gasteiger partial charge in [-0.2, -0.15) is 0 Å². The van der Waals surface area contributed by atoms with E-state index in [-0.39, 0.29) is 0 Å². The van der Waals surface area contributed by atoms with Gasteiger partial charge >= 0.3 is 0 Å². The average molecular weight is 254 g/mol. The van der Waals surface area contributed by atoms with Gasteiger partial charge in [0, 0.05) is 12.6 Å². The fourth-order valence-corrected chi connectivity index (χ4v) is 2.24. The largest absolute Gasteiger partial charge is 0.305 e. The molecule has 0 aromatic carbocycles. The van der Waals surface area contributed by atoms with E-state index < -0.39 is 0 Å². The third-order valence-corrected chi connectivity index (χ3v) is 2.85. The molecule has 0 unspecified atom stereocenters. The standard InChI is InChI=1S/C7H15IN2/c1-3-10(2)5-6-4-7(8)9-6/h6-7,9H,3-5H2,1-2H3/t6-,7+/m1/s1. The van der Waals surface area contributed by atoms with Crippen molar-refractivity contribution in [2.75, 3.05) is 20.1 Å². The van der Waals surface area contributed by atoms with Gasteiger partial charge in [-0.25, -0.2) is 0 Å². The van der Waals surface area contributed by atoms with E-state index in [1.807, 2.05) is 0 Å². The molecule has 0 spiro atoms. The van der Waals surface area contributed by atoms with Gasteiger partial charge < -0.3 is 10.2 Å². The van der Waals surface area contributed by atoms with Crippen molar-refractivity contribution >= 4 is 22.6 Å². The van der Waals surface area contributed by atoms with Crippen molar-refractivity contribution in [3.05, 3.63) is 0 Å². The van der Waals surface area contributed by atoms with Crippen LogP contribution in [0.4, 0.5) is 0 Å². The van der Waals surface area contributed by atoms with Crippen LogP contribution >= 0.6 is 22.6 Å². The van der Waals surface area contributed by atoms with Gasteiger partial charge in [0.05, 0.1) is 4.05 Å². The van der Waals surface area contributed by atoms with Crippen LogP contribution in [0.1, 0.15) is 13.3 Å². The van der Waals surface area contributed by atoms with E-state index in [2.05, 4.69) is 46.8 Å². The minimum Gasteiger partial charge on any atom is -0.305 e. The number of rotatable bonds is 3. The molecule has 1 fully saturated rings. The normalized spacial score (nSPS) is 32.4. The van der Waals surface area contributed by atoms with Crippen molar-refractivity contribution in [1.29, 1.82) is 0 Å². The average Bonchev–Trinajstić information content (AvgIpc) is 1.84. The second-order valence-electron chi connectivity index (χ2n) is 2.92. The molecular weight excluding hydrogens is 239 g/mol. The highest BCUT2D eigenvalue weighted by Gasteiger charge is 2.25. The molecule has 0 aliphatic carbocycles. The Morgan fingerprint density at radius 2 is 2.30 bits per heavy atom. The van der Waals surface area contributed by atoms with E-state index in [0.717, 1.165) is 16.6 Å². The minimum absolute atomic E-state index is 0.729. The topological polar surface area (TPSA) is 15.3 Å². The smallest absolute Gasteiger partial charge is 0.0611 e. The van der Waals surface area contributed by atoms with Gasteiger partial charge in [0.25, 0.3) is 0 Å². The summed E-state index contributed by atoms with van der Waals surface area (Å²) in [4.78, 5) is 2.35. The second-order valence-corrected chi connectivity index (χ2v) is 4.43. The van der Waals surface area contributed by atoms with Crippen molar-refractivity contribution in [3.8, 4) is 0 Å². The van der Waals surface area contributed by atoms with Gasteiger partial charge in [-0.15, -0.1) is 0 Å². The summed E-state index contributed by atoms with van der Waals surface area (Å²) < 4.78 is 0.729. The Morgan fingerprint density at radius 1 is 1.70 bits per heavy atom. The maximum atomic E-state index is 3.45. The Kier molecular flexibility index (Phi) is 3.39. The van der Waals surface area contributed by atoms with Gasteiger partial charge in [-0.1, -0.05) is 29.5 Å². The van der Waals surface area contributed by atoms with Crippen LogP contribution in [0.5, 0.6) is 0 Å². The van der Waals surface area contributed by atoms with Crippen molar-refractivity contribution in [2.45, 2.75) is 23.4 Å². The summed E-state index contributed by atoms with van der Waals surface area (Å²) >= 11 is 2.44. The summed E-state index contributed by atoms with van der Waals surface area (Å²) in [6, 6.07) is 0.756. The maximum absolute atomic E-state index is 3.45. The van der Waals surface area contributed by atoms with E-state index in [9.17, 15) is 0 Å². The van der Waals surface area contributed by atoms with Crippen molar-refractivity contribution in [2.24, 2.45) is 0 Å². The van der Waals surface area contributed by atoms with Crippen molar-refractivity contribution in [3.63, 3.8) is 0 Å². The molecule has 0 bridgehead atoms. The molecule has 1 saturated heterocycles. The van der Waals surface area contributed by atoms with Crippen LogP contribution in [-0.4, -0.2) is 35.1 Å². The molecule has 0 saturated carbocycles. The molecule has 0 aromatic heterocycles. The molecule has 60 valence electrons. The molecule has 1 aliphatic rings. The molecule has 1 aliphatic heterocycles. The molecule has 0 aromatic rings. The Morgan fingerprint density at radius 3 is 2.70 bits per heavy atom. The Bertz CT molecular complexity index is 102. The van der Waals surface area contributed by atoms with Gasteiger partial charge in [-0.3, -0.25) is 0 Å². The van der Waals surface area contributed by atoms with E-state index in [0.29, 0.717) is 0 Å². The van der Waals surface area contributed by atoms with Gasteiger partial charge in [0.15, 0.2) is 0 Å². The third-order valence-electron chi connectivity index (χ3n) is 1.98. The highest BCUT2D eigenvalue weighted by atomic mass is 127. The zero-order chi connectivity index (χ0) is 7.56. The predicted octanol–water partition coefficient (Wildman–Crippen LogP) is 1.06. The molecular formula is C7H15IN2. The number of alkyl halides is 1. The van der Waals surface area contributed by atoms with Crippen LogP contribution in [0, 0.1) is 0 Å². The molecule has 10 heavy (non-hydrogen) atoms. The third kappa shape index (κ3) is 2.36. The lowest BCUT2D eigenvalue weighted by molar-refractivity contribution is 0.243. The van der Waals surface area contributed by atoms with Crippen LogP contribution in [0.25, 0.3) is 0 Å². The molecule has 1 heterocycles. The first-order valence-corrected chi connectivity index (χ1v) is 5.05. The van der Waals surface area contributed by atoms with E-state index in [1.165, 1.54) is 13.0 Å². The molecule has 2 atom stereocenters. The Balaban J connectivity index is 2.04. The van der Waals surface area contributed by atoms with Gasteiger partial charge in [0.1, 0.15) is 0 Å². The summed E-state index contributed by atoms with van der Waals surface area (Å²) in [5.41, 5.74) is 0. The summed E-state index contributed by atoms with van der Waals surface area (Å²) in [7, 11) is 2.17. The van der Waals surface area contributed by atoms with Gasteiger partial charge in [-0.05, 0) is 20.0 Å². The molecule has 1 rings (SSSR count). The SMILES string of the molecule is CCN(C)C[C@H]1C[C@@H](I)N1. The number of hydrogen-bond acceptors (Lipinski definition) is 2. The lowest BCUT2D eigenvalue weighted by Gasteiger charge is -2.35. The van der Waals surface area contributed by atoms with Crippen LogP contribution in [0.2, 0.25) is 0 Å². The number of halogens is 1. The van der Waals surface area contributed by atoms with E-state index >= 15 is 0 Å². The fraction of sp³-hybridized carbons (Fsp3) is 1.00. The zero-order valence-electron chi connectivity index (χ0n) is 6.60. The van der Waals surface area contributed by atoms with Crippen molar-refractivity contribution < 1.29 is 0 Å². The maximum Gasteiger partial charge on any atom is 0.0611 e. The van der Waals surface area contributed by atoms with Crippen LogP contribution in [0.15, 0.2) is 0 Å². The first kappa shape index (κ1) is 8.74. The number of nitrogens with zero attached hydrogens (tertiary/aromatic N) is 1. The van der Waals surface area contributed by atoms with Crippen LogP contribution in [0.3, 0.4) is 0 Å². The number of nitrogens with one attached hydrogen (secondary N) is 1. The second kappa shape index (κ2) is 3.88. The first-order valence-electron chi connectivity index (χ1n) is 3.81. The van der Waals surface area contributed by atoms with Gasteiger partial charge in [0.2, 0.25) is 0 Å². The minimum atomic E-state index is 0.729. The van der Waals surface area contributed by atoms with Crippen molar-refractivity contribution in [1.82, 2.24) is 10.2 Å². The zero-order valence-corrected chi connectivity index (χ0v) is 8.76. The molecule has 0 amide bonds. The van der Waals surface area contributed by atoms with Crippen LogP contribution < -0.4 is 5.32 Å². The molecule has 0 radical (unpaired) electrons.